The molecule has 7 heteroatoms. The Kier molecular flexibility index (Phi) is 5.49. The topological polar surface area (TPSA) is 55.8 Å². The minimum atomic E-state index is -0.258. The van der Waals surface area contributed by atoms with Gasteiger partial charge >= 0.3 is 5.97 Å². The van der Waals surface area contributed by atoms with Crippen LogP contribution in [0.2, 0.25) is 5.02 Å². The van der Waals surface area contributed by atoms with Gasteiger partial charge < -0.3 is 14.4 Å². The van der Waals surface area contributed by atoms with Gasteiger partial charge in [0.2, 0.25) is 0 Å². The number of hydrogen-bond donors (Lipinski definition) is 0. The van der Waals surface area contributed by atoms with Crippen LogP contribution in [0.5, 0.6) is 5.75 Å². The number of piperidine rings is 1. The Bertz CT molecular complexity index is 804. The highest BCUT2D eigenvalue weighted by Crippen LogP contribution is 2.38. The number of carbonyl (C=O) groups is 2. The zero-order valence-electron chi connectivity index (χ0n) is 14.2. The number of rotatable bonds is 4. The number of hydrogen-bond acceptors (Lipinski definition) is 5. The van der Waals surface area contributed by atoms with E-state index in [2.05, 4.69) is 0 Å². The second-order valence-corrected chi connectivity index (χ2v) is 7.38. The Morgan fingerprint density at radius 3 is 2.92 bits per heavy atom. The van der Waals surface area contributed by atoms with Crippen LogP contribution in [0, 0.1) is 5.92 Å². The van der Waals surface area contributed by atoms with Gasteiger partial charge in [-0.2, -0.15) is 0 Å². The average molecular weight is 382 g/mol. The molecule has 1 unspecified atom stereocenters. The minimum Gasteiger partial charge on any atom is -0.497 e. The van der Waals surface area contributed by atoms with Crippen molar-refractivity contribution in [3.05, 3.63) is 28.1 Å². The lowest BCUT2D eigenvalue weighted by molar-refractivity contribution is -0.149. The smallest absolute Gasteiger partial charge is 0.310 e. The minimum absolute atomic E-state index is 0.126. The van der Waals surface area contributed by atoms with Gasteiger partial charge in [0.1, 0.15) is 10.6 Å². The van der Waals surface area contributed by atoms with Crippen LogP contribution in [0.4, 0.5) is 0 Å². The molecule has 3 rings (SSSR count). The summed E-state index contributed by atoms with van der Waals surface area (Å²) >= 11 is 7.83. The molecule has 1 fully saturated rings. The maximum absolute atomic E-state index is 12.9. The van der Waals surface area contributed by atoms with Gasteiger partial charge in [-0.1, -0.05) is 11.6 Å². The van der Waals surface area contributed by atoms with E-state index in [1.165, 1.54) is 11.3 Å². The number of carbonyl (C=O) groups excluding carboxylic acids is 2. The monoisotopic (exact) mass is 381 g/mol. The molecule has 2 heterocycles. The van der Waals surface area contributed by atoms with Gasteiger partial charge in [0.05, 0.1) is 24.7 Å². The molecule has 0 N–H and O–H groups in total. The summed E-state index contributed by atoms with van der Waals surface area (Å²) in [5, 5.41) is 1.26. The van der Waals surface area contributed by atoms with Gasteiger partial charge in [-0.3, -0.25) is 9.59 Å². The summed E-state index contributed by atoms with van der Waals surface area (Å²) in [7, 11) is 1.59. The molecule has 1 aromatic heterocycles. The molecule has 1 amide bonds. The first-order chi connectivity index (χ1) is 12.0. The lowest BCUT2D eigenvalue weighted by atomic mass is 9.98. The molecule has 0 spiro atoms. The quantitative estimate of drug-likeness (QED) is 0.752. The van der Waals surface area contributed by atoms with E-state index in [-0.39, 0.29) is 17.8 Å². The molecule has 0 aliphatic carbocycles. The van der Waals surface area contributed by atoms with E-state index in [9.17, 15) is 9.59 Å². The molecule has 1 atom stereocenters. The Morgan fingerprint density at radius 1 is 1.40 bits per heavy atom. The molecule has 5 nitrogen and oxygen atoms in total. The first-order valence-corrected chi connectivity index (χ1v) is 9.46. The highest BCUT2D eigenvalue weighted by molar-refractivity contribution is 7.21. The summed E-state index contributed by atoms with van der Waals surface area (Å²) in [5.74, 6) is 0.0868. The lowest BCUT2D eigenvalue weighted by Gasteiger charge is -2.31. The summed E-state index contributed by atoms with van der Waals surface area (Å²) in [5.41, 5.74) is 0. The average Bonchev–Trinajstić information content (AvgIpc) is 2.97. The molecule has 2 aromatic rings. The van der Waals surface area contributed by atoms with E-state index >= 15 is 0 Å². The van der Waals surface area contributed by atoms with Crippen molar-refractivity contribution in [2.45, 2.75) is 19.8 Å². The Morgan fingerprint density at radius 2 is 2.20 bits per heavy atom. The first-order valence-electron chi connectivity index (χ1n) is 8.27. The van der Waals surface area contributed by atoms with Crippen molar-refractivity contribution in [2.75, 3.05) is 26.8 Å². The Balaban J connectivity index is 1.84. The molecule has 0 radical (unpaired) electrons. The van der Waals surface area contributed by atoms with Crippen LogP contribution in [-0.4, -0.2) is 43.6 Å². The van der Waals surface area contributed by atoms with Crippen LogP contribution < -0.4 is 4.74 Å². The number of fused-ring (bicyclic) bond motifs is 1. The van der Waals surface area contributed by atoms with Gasteiger partial charge in [-0.25, -0.2) is 0 Å². The van der Waals surface area contributed by atoms with E-state index in [0.717, 1.165) is 22.9 Å². The van der Waals surface area contributed by atoms with Crippen molar-refractivity contribution in [1.29, 1.82) is 0 Å². The molecule has 134 valence electrons. The van der Waals surface area contributed by atoms with E-state index in [0.29, 0.717) is 35.3 Å². The molecule has 1 aromatic carbocycles. The highest BCUT2D eigenvalue weighted by atomic mass is 35.5. The molecule has 25 heavy (non-hydrogen) atoms. The first kappa shape index (κ1) is 18.0. The second kappa shape index (κ2) is 7.62. The van der Waals surface area contributed by atoms with E-state index in [1.54, 1.807) is 18.9 Å². The summed E-state index contributed by atoms with van der Waals surface area (Å²) in [4.78, 5) is 27.1. The zero-order valence-corrected chi connectivity index (χ0v) is 15.8. The van der Waals surface area contributed by atoms with Gasteiger partial charge in [0, 0.05) is 23.2 Å². The van der Waals surface area contributed by atoms with E-state index in [4.69, 9.17) is 21.1 Å². The Hall–Kier alpha value is -1.79. The SMILES string of the molecule is CCOC(=O)C1CCCN(C(=O)c2sc3ccc(OC)cc3c2Cl)C1. The summed E-state index contributed by atoms with van der Waals surface area (Å²) in [6.45, 7) is 3.15. The van der Waals surface area contributed by atoms with Gasteiger partial charge in [-0.05, 0) is 38.0 Å². The van der Waals surface area contributed by atoms with Crippen molar-refractivity contribution >= 4 is 44.9 Å². The molecule has 1 saturated heterocycles. The summed E-state index contributed by atoms with van der Waals surface area (Å²) in [6, 6.07) is 5.59. The molecular weight excluding hydrogens is 362 g/mol. The maximum atomic E-state index is 12.9. The third-order valence-electron chi connectivity index (χ3n) is 4.36. The zero-order chi connectivity index (χ0) is 18.0. The fourth-order valence-corrected chi connectivity index (χ4v) is 4.52. The predicted molar refractivity (Wildman–Crippen MR) is 98.6 cm³/mol. The number of halogens is 1. The highest BCUT2D eigenvalue weighted by Gasteiger charge is 2.31. The lowest BCUT2D eigenvalue weighted by Crippen LogP contribution is -2.42. The normalized spacial score (nSPS) is 17.6. The molecule has 0 bridgehead atoms. The van der Waals surface area contributed by atoms with E-state index in [1.807, 2.05) is 18.2 Å². The van der Waals surface area contributed by atoms with Crippen LogP contribution in [0.1, 0.15) is 29.4 Å². The number of nitrogens with zero attached hydrogens (tertiary/aromatic N) is 1. The number of thiophene rings is 1. The van der Waals surface area contributed by atoms with Gasteiger partial charge in [0.25, 0.3) is 5.91 Å². The molecule has 1 aliphatic rings. The van der Waals surface area contributed by atoms with E-state index < -0.39 is 0 Å². The maximum Gasteiger partial charge on any atom is 0.310 e. The van der Waals surface area contributed by atoms with Crippen molar-refractivity contribution in [3.63, 3.8) is 0 Å². The van der Waals surface area contributed by atoms with Crippen molar-refractivity contribution in [3.8, 4) is 5.75 Å². The van der Waals surface area contributed by atoms with Crippen molar-refractivity contribution in [1.82, 2.24) is 4.90 Å². The fourth-order valence-electron chi connectivity index (χ4n) is 3.07. The van der Waals surface area contributed by atoms with Crippen molar-refractivity contribution in [2.24, 2.45) is 5.92 Å². The predicted octanol–water partition coefficient (Wildman–Crippen LogP) is 3.98. The van der Waals surface area contributed by atoms with Crippen LogP contribution in [0.15, 0.2) is 18.2 Å². The third-order valence-corrected chi connectivity index (χ3v) is 6.02. The van der Waals surface area contributed by atoms with Crippen LogP contribution >= 0.6 is 22.9 Å². The molecular formula is C18H20ClNO4S. The number of benzene rings is 1. The standard InChI is InChI=1S/C18H20ClNO4S/c1-3-24-18(22)11-5-4-8-20(10-11)17(21)16-15(19)13-9-12(23-2)6-7-14(13)25-16/h6-7,9,11H,3-5,8,10H2,1-2H3. The summed E-state index contributed by atoms with van der Waals surface area (Å²) < 4.78 is 11.3. The van der Waals surface area contributed by atoms with Gasteiger partial charge in [-0.15, -0.1) is 11.3 Å². The van der Waals surface area contributed by atoms with Gasteiger partial charge in [0.15, 0.2) is 0 Å². The molecule has 0 saturated carbocycles. The number of amides is 1. The number of ether oxygens (including phenoxy) is 2. The molecule has 1 aliphatic heterocycles. The number of esters is 1. The summed E-state index contributed by atoms with van der Waals surface area (Å²) in [6.07, 6.45) is 1.53. The largest absolute Gasteiger partial charge is 0.497 e. The second-order valence-electron chi connectivity index (χ2n) is 5.95. The van der Waals surface area contributed by atoms with Crippen LogP contribution in [-0.2, 0) is 9.53 Å². The van der Waals surface area contributed by atoms with Crippen molar-refractivity contribution < 1.29 is 19.1 Å². The fraction of sp³-hybridized carbons (Fsp3) is 0.444. The third kappa shape index (κ3) is 3.60. The number of likely N-dealkylation sites (tertiary alicyclic amines) is 1. The van der Waals surface area contributed by atoms with Crippen LogP contribution in [0.3, 0.4) is 0 Å². The Labute approximate surface area is 155 Å². The number of methoxy groups -OCH3 is 1. The van der Waals surface area contributed by atoms with Crippen LogP contribution in [0.25, 0.3) is 10.1 Å².